The number of carboxylic acid groups (broad SMARTS) is 1. The zero-order valence-corrected chi connectivity index (χ0v) is 20.5. The van der Waals surface area contributed by atoms with Crippen molar-refractivity contribution in [3.05, 3.63) is 54.7 Å². The van der Waals surface area contributed by atoms with Crippen LogP contribution >= 0.6 is 0 Å². The quantitative estimate of drug-likeness (QED) is 0.142. The van der Waals surface area contributed by atoms with Crippen LogP contribution in [0.15, 0.2) is 37.6 Å². The molecule has 0 saturated carbocycles. The van der Waals surface area contributed by atoms with E-state index in [1.165, 1.54) is 36.3 Å². The third kappa shape index (κ3) is 6.61. The van der Waals surface area contributed by atoms with Crippen LogP contribution in [0.2, 0.25) is 0 Å². The molecule has 0 bridgehead atoms. The summed E-state index contributed by atoms with van der Waals surface area (Å²) in [5.41, 5.74) is 7.91. The van der Waals surface area contributed by atoms with Crippen molar-refractivity contribution in [1.82, 2.24) is 45.4 Å². The van der Waals surface area contributed by atoms with E-state index in [-0.39, 0.29) is 25.2 Å². The molecule has 38 heavy (non-hydrogen) atoms. The average molecular weight is 527 g/mol. The van der Waals surface area contributed by atoms with Gasteiger partial charge in [-0.2, -0.15) is 0 Å². The lowest BCUT2D eigenvalue weighted by molar-refractivity contribution is -0.143. The maximum absolute atomic E-state index is 13.3. The van der Waals surface area contributed by atoms with Crippen LogP contribution in [0, 0.1) is 0 Å². The maximum Gasteiger partial charge on any atom is 0.326 e. The summed E-state index contributed by atoms with van der Waals surface area (Å²) < 4.78 is 0. The monoisotopic (exact) mass is 526 g/mol. The van der Waals surface area contributed by atoms with E-state index < -0.39 is 42.0 Å². The number of aromatic amines is 3. The molecule has 15 heteroatoms. The molecular formula is C23H30N10O5. The third-order valence-corrected chi connectivity index (χ3v) is 6.36. The Morgan fingerprint density at radius 3 is 2.00 bits per heavy atom. The number of carbonyl (C=O) groups is 4. The number of amides is 3. The summed E-state index contributed by atoms with van der Waals surface area (Å²) in [5, 5.41) is 14.8. The zero-order valence-electron chi connectivity index (χ0n) is 20.5. The van der Waals surface area contributed by atoms with Crippen molar-refractivity contribution in [3.8, 4) is 0 Å². The van der Waals surface area contributed by atoms with Crippen LogP contribution in [0.3, 0.4) is 0 Å². The molecule has 1 fully saturated rings. The van der Waals surface area contributed by atoms with Gasteiger partial charge in [0.1, 0.15) is 18.1 Å². The van der Waals surface area contributed by atoms with Crippen molar-refractivity contribution >= 4 is 23.7 Å². The number of carboxylic acids is 1. The van der Waals surface area contributed by atoms with Crippen LogP contribution < -0.4 is 16.4 Å². The Morgan fingerprint density at radius 2 is 1.47 bits per heavy atom. The topological polar surface area (TPSA) is 228 Å². The van der Waals surface area contributed by atoms with Crippen molar-refractivity contribution in [2.75, 3.05) is 6.54 Å². The molecule has 1 saturated heterocycles. The van der Waals surface area contributed by atoms with Gasteiger partial charge < -0.3 is 41.3 Å². The molecule has 15 nitrogen and oxygen atoms in total. The molecule has 202 valence electrons. The lowest BCUT2D eigenvalue weighted by atomic mass is 10.1. The number of hydrogen-bond donors (Lipinski definition) is 7. The van der Waals surface area contributed by atoms with Gasteiger partial charge in [0.25, 0.3) is 0 Å². The number of rotatable bonds is 12. The van der Waals surface area contributed by atoms with E-state index in [1.807, 2.05) is 0 Å². The van der Waals surface area contributed by atoms with E-state index in [9.17, 15) is 24.3 Å². The summed E-state index contributed by atoms with van der Waals surface area (Å²) in [4.78, 5) is 73.1. The van der Waals surface area contributed by atoms with Crippen molar-refractivity contribution in [1.29, 1.82) is 0 Å². The number of imidazole rings is 3. The summed E-state index contributed by atoms with van der Waals surface area (Å²) in [6.45, 7) is 0.357. The average Bonchev–Trinajstić information content (AvgIpc) is 3.70. The second-order valence-electron chi connectivity index (χ2n) is 9.10. The van der Waals surface area contributed by atoms with Crippen molar-refractivity contribution < 1.29 is 24.3 Å². The minimum atomic E-state index is -1.26. The standard InChI is InChI=1S/C23H30N10O5/c24-16(4-13-7-25-10-28-13)22(36)33-3-1-2-19(33)21(35)31-17(5-14-8-26-11-29-14)20(34)32-18(23(37)38)6-15-9-27-12-30-15/h7-12,16-19H,1-6,24H2,(H,25,28)(H,26,29)(H,27,30)(H,31,35)(H,32,34)(H,37,38). The zero-order chi connectivity index (χ0) is 27.1. The van der Waals surface area contributed by atoms with Crippen LogP contribution in [0.1, 0.15) is 29.9 Å². The van der Waals surface area contributed by atoms with Crippen LogP contribution in [-0.4, -0.2) is 94.3 Å². The number of nitrogens with zero attached hydrogens (tertiary/aromatic N) is 4. The smallest absolute Gasteiger partial charge is 0.326 e. The minimum Gasteiger partial charge on any atom is -0.480 e. The number of aromatic nitrogens is 6. The minimum absolute atomic E-state index is 0.0229. The van der Waals surface area contributed by atoms with Gasteiger partial charge in [-0.25, -0.2) is 19.7 Å². The molecule has 0 aromatic carbocycles. The number of H-pyrrole nitrogens is 3. The van der Waals surface area contributed by atoms with E-state index in [1.54, 1.807) is 6.20 Å². The maximum atomic E-state index is 13.3. The number of carbonyl (C=O) groups excluding carboxylic acids is 3. The highest BCUT2D eigenvalue weighted by Crippen LogP contribution is 2.19. The van der Waals surface area contributed by atoms with Gasteiger partial charge in [0.2, 0.25) is 17.7 Å². The predicted molar refractivity (Wildman–Crippen MR) is 131 cm³/mol. The fourth-order valence-electron chi connectivity index (χ4n) is 4.42. The Kier molecular flexibility index (Phi) is 8.47. The summed E-state index contributed by atoms with van der Waals surface area (Å²) in [6.07, 6.45) is 10.1. The molecule has 1 aliphatic heterocycles. The van der Waals surface area contributed by atoms with Crippen molar-refractivity contribution in [2.45, 2.75) is 56.3 Å². The Labute approximate surface area is 217 Å². The second kappa shape index (κ2) is 12.1. The van der Waals surface area contributed by atoms with Gasteiger partial charge in [-0.3, -0.25) is 14.4 Å². The summed E-state index contributed by atoms with van der Waals surface area (Å²) in [5.74, 6) is -2.83. The Balaban J connectivity index is 1.44. The first-order valence-corrected chi connectivity index (χ1v) is 12.1. The van der Waals surface area contributed by atoms with Gasteiger partial charge >= 0.3 is 5.97 Å². The van der Waals surface area contributed by atoms with Crippen LogP contribution in [0.25, 0.3) is 0 Å². The molecule has 0 aliphatic carbocycles. The van der Waals surface area contributed by atoms with Crippen LogP contribution in [0.5, 0.6) is 0 Å². The Hall–Kier alpha value is -4.53. The molecular weight excluding hydrogens is 496 g/mol. The second-order valence-corrected chi connectivity index (χ2v) is 9.10. The van der Waals surface area contributed by atoms with E-state index in [4.69, 9.17) is 5.73 Å². The highest BCUT2D eigenvalue weighted by molar-refractivity contribution is 5.94. The molecule has 3 aromatic rings. The van der Waals surface area contributed by atoms with Gasteiger partial charge in [-0.05, 0) is 12.8 Å². The highest BCUT2D eigenvalue weighted by Gasteiger charge is 2.38. The van der Waals surface area contributed by atoms with Crippen LogP contribution in [0.4, 0.5) is 0 Å². The highest BCUT2D eigenvalue weighted by atomic mass is 16.4. The molecule has 4 atom stereocenters. The van der Waals surface area contributed by atoms with Gasteiger partial charge in [0.05, 0.1) is 25.0 Å². The number of hydrogen-bond acceptors (Lipinski definition) is 8. The fourth-order valence-corrected chi connectivity index (χ4v) is 4.42. The predicted octanol–water partition coefficient (Wildman–Crippen LogP) is -1.74. The van der Waals surface area contributed by atoms with E-state index in [2.05, 4.69) is 40.5 Å². The largest absolute Gasteiger partial charge is 0.480 e. The Bertz CT molecular complexity index is 1210. The number of aliphatic carboxylic acids is 1. The fraction of sp³-hybridized carbons (Fsp3) is 0.435. The van der Waals surface area contributed by atoms with Crippen molar-refractivity contribution in [3.63, 3.8) is 0 Å². The molecule has 3 aromatic heterocycles. The molecule has 0 radical (unpaired) electrons. The lowest BCUT2D eigenvalue weighted by Gasteiger charge is -2.28. The molecule has 0 spiro atoms. The first kappa shape index (κ1) is 26.5. The molecule has 4 rings (SSSR count). The number of likely N-dealkylation sites (tertiary alicyclic amines) is 1. The van der Waals surface area contributed by atoms with Crippen LogP contribution in [-0.2, 0) is 38.4 Å². The molecule has 8 N–H and O–H groups in total. The molecule has 4 heterocycles. The molecule has 4 unspecified atom stereocenters. The van der Waals surface area contributed by atoms with Gasteiger partial charge in [0, 0.05) is 61.5 Å². The normalized spacial score (nSPS) is 17.5. The van der Waals surface area contributed by atoms with E-state index >= 15 is 0 Å². The van der Waals surface area contributed by atoms with E-state index in [0.29, 0.717) is 36.5 Å². The lowest BCUT2D eigenvalue weighted by Crippen LogP contribution is -2.57. The SMILES string of the molecule is NC(Cc1cnc[nH]1)C(=O)N1CCCC1C(=O)NC(Cc1cnc[nH]1)C(=O)NC(Cc1cnc[nH]1)C(=O)O. The Morgan fingerprint density at radius 1 is 0.921 bits per heavy atom. The van der Waals surface area contributed by atoms with Gasteiger partial charge in [-0.1, -0.05) is 0 Å². The molecule has 1 aliphatic rings. The van der Waals surface area contributed by atoms with E-state index in [0.717, 1.165) is 0 Å². The number of nitrogens with one attached hydrogen (secondary N) is 5. The first-order chi connectivity index (χ1) is 18.3. The third-order valence-electron chi connectivity index (χ3n) is 6.36. The first-order valence-electron chi connectivity index (χ1n) is 12.1. The van der Waals surface area contributed by atoms with Gasteiger partial charge in [0.15, 0.2) is 0 Å². The summed E-state index contributed by atoms with van der Waals surface area (Å²) >= 11 is 0. The summed E-state index contributed by atoms with van der Waals surface area (Å²) in [7, 11) is 0. The number of nitrogens with two attached hydrogens (primary N) is 1. The van der Waals surface area contributed by atoms with Gasteiger partial charge in [-0.15, -0.1) is 0 Å². The summed E-state index contributed by atoms with van der Waals surface area (Å²) in [6, 6.07) is -4.06. The molecule has 3 amide bonds. The van der Waals surface area contributed by atoms with Crippen molar-refractivity contribution in [2.24, 2.45) is 5.73 Å².